The van der Waals surface area contributed by atoms with Crippen LogP contribution in [0.3, 0.4) is 0 Å². The highest BCUT2D eigenvalue weighted by Gasteiger charge is 2.16. The van der Waals surface area contributed by atoms with E-state index < -0.39 is 0 Å². The predicted octanol–water partition coefficient (Wildman–Crippen LogP) is 4.61. The summed E-state index contributed by atoms with van der Waals surface area (Å²) < 4.78 is 0. The van der Waals surface area contributed by atoms with Crippen molar-refractivity contribution in [2.45, 2.75) is 12.8 Å². The Morgan fingerprint density at radius 2 is 1.33 bits per heavy atom. The van der Waals surface area contributed by atoms with Crippen molar-refractivity contribution >= 4 is 21.5 Å². The van der Waals surface area contributed by atoms with Crippen molar-refractivity contribution in [3.05, 3.63) is 76.9 Å². The average molecular weight is 299 g/mol. The molecule has 1 aliphatic carbocycles. The lowest BCUT2D eigenvalue weighted by Gasteiger charge is -2.11. The summed E-state index contributed by atoms with van der Waals surface area (Å²) in [5.41, 5.74) is 7.07. The van der Waals surface area contributed by atoms with Crippen LogP contribution in [-0.2, 0) is 12.8 Å². The minimum absolute atomic E-state index is 0.894. The summed E-state index contributed by atoms with van der Waals surface area (Å²) in [5.74, 6) is 0. The van der Waals surface area contributed by atoms with E-state index in [0.29, 0.717) is 0 Å². The standard InChI is InChI=1S/C17H15Br/c18-12-11-17-15-7-3-1-5-13(15)9-10-14-6-2-4-8-16(14)17/h1-8,11H,9-10,12H2. The van der Waals surface area contributed by atoms with Crippen molar-refractivity contribution in [2.75, 3.05) is 5.33 Å². The van der Waals surface area contributed by atoms with Crippen LogP contribution in [0.15, 0.2) is 54.6 Å². The minimum atomic E-state index is 0.894. The van der Waals surface area contributed by atoms with Gasteiger partial charge >= 0.3 is 0 Å². The van der Waals surface area contributed by atoms with Crippen molar-refractivity contribution in [3.8, 4) is 0 Å². The first kappa shape index (κ1) is 11.7. The number of allylic oxidation sites excluding steroid dienone is 1. The molecule has 0 heterocycles. The summed E-state index contributed by atoms with van der Waals surface area (Å²) in [6, 6.07) is 17.5. The smallest absolute Gasteiger partial charge is 0.0221 e. The van der Waals surface area contributed by atoms with Gasteiger partial charge in [-0.25, -0.2) is 0 Å². The maximum Gasteiger partial charge on any atom is 0.0221 e. The van der Waals surface area contributed by atoms with Gasteiger partial charge in [0.05, 0.1) is 0 Å². The monoisotopic (exact) mass is 298 g/mol. The quantitative estimate of drug-likeness (QED) is 0.674. The Labute approximate surface area is 116 Å². The fourth-order valence-electron chi connectivity index (χ4n) is 2.71. The second kappa shape index (κ2) is 5.11. The minimum Gasteiger partial charge on any atom is -0.0883 e. The van der Waals surface area contributed by atoms with E-state index in [9.17, 15) is 0 Å². The molecule has 0 unspecified atom stereocenters. The van der Waals surface area contributed by atoms with Crippen molar-refractivity contribution in [3.63, 3.8) is 0 Å². The maximum atomic E-state index is 3.54. The van der Waals surface area contributed by atoms with Crippen molar-refractivity contribution in [2.24, 2.45) is 0 Å². The van der Waals surface area contributed by atoms with Gasteiger partial charge in [0.25, 0.3) is 0 Å². The fraction of sp³-hybridized carbons (Fsp3) is 0.176. The number of fused-ring (bicyclic) bond motifs is 2. The Balaban J connectivity index is 2.25. The number of benzene rings is 2. The van der Waals surface area contributed by atoms with Gasteiger partial charge in [0.2, 0.25) is 0 Å². The lowest BCUT2D eigenvalue weighted by molar-refractivity contribution is 0.965. The second-order valence-corrected chi connectivity index (χ2v) is 5.23. The molecule has 2 aromatic rings. The summed E-state index contributed by atoms with van der Waals surface area (Å²) in [6.45, 7) is 0. The Morgan fingerprint density at radius 1 is 0.833 bits per heavy atom. The summed E-state index contributed by atoms with van der Waals surface area (Å²) in [4.78, 5) is 0. The first-order valence-corrected chi connectivity index (χ1v) is 7.45. The number of hydrogen-bond acceptors (Lipinski definition) is 0. The molecule has 0 radical (unpaired) electrons. The lowest BCUT2D eigenvalue weighted by atomic mass is 9.94. The molecule has 18 heavy (non-hydrogen) atoms. The molecule has 0 amide bonds. The normalized spacial score (nSPS) is 13.5. The lowest BCUT2D eigenvalue weighted by Crippen LogP contribution is -1.92. The van der Waals surface area contributed by atoms with Gasteiger partial charge in [-0.15, -0.1) is 0 Å². The second-order valence-electron chi connectivity index (χ2n) is 4.59. The summed E-state index contributed by atoms with van der Waals surface area (Å²) in [5, 5.41) is 0.894. The van der Waals surface area contributed by atoms with Crippen LogP contribution in [0.25, 0.3) is 5.57 Å². The van der Waals surface area contributed by atoms with Gasteiger partial charge in [-0.05, 0) is 40.7 Å². The molecular weight excluding hydrogens is 284 g/mol. The van der Waals surface area contributed by atoms with Crippen LogP contribution in [0, 0.1) is 0 Å². The molecule has 1 heteroatoms. The number of halogens is 1. The molecule has 0 fully saturated rings. The van der Waals surface area contributed by atoms with Gasteiger partial charge in [-0.1, -0.05) is 70.5 Å². The number of aryl methyl sites for hydroxylation is 2. The summed E-state index contributed by atoms with van der Waals surface area (Å²) in [7, 11) is 0. The zero-order valence-electron chi connectivity index (χ0n) is 10.2. The summed E-state index contributed by atoms with van der Waals surface area (Å²) in [6.07, 6.45) is 4.54. The van der Waals surface area contributed by atoms with Crippen LogP contribution in [0.1, 0.15) is 22.3 Å². The molecule has 0 saturated carbocycles. The van der Waals surface area contributed by atoms with Crippen LogP contribution < -0.4 is 0 Å². The number of hydrogen-bond donors (Lipinski definition) is 0. The molecule has 0 bridgehead atoms. The van der Waals surface area contributed by atoms with Gasteiger partial charge in [0.1, 0.15) is 0 Å². The van der Waals surface area contributed by atoms with E-state index in [0.717, 1.165) is 18.2 Å². The molecule has 0 nitrogen and oxygen atoms in total. The molecule has 0 N–H and O–H groups in total. The zero-order valence-corrected chi connectivity index (χ0v) is 11.8. The Hall–Kier alpha value is -1.34. The first-order chi connectivity index (χ1) is 8.90. The first-order valence-electron chi connectivity index (χ1n) is 6.33. The molecule has 3 rings (SSSR count). The highest BCUT2D eigenvalue weighted by atomic mass is 79.9. The van der Waals surface area contributed by atoms with E-state index in [1.165, 1.54) is 27.8 Å². The van der Waals surface area contributed by atoms with Crippen LogP contribution in [0.4, 0.5) is 0 Å². The van der Waals surface area contributed by atoms with Gasteiger partial charge in [-0.3, -0.25) is 0 Å². The van der Waals surface area contributed by atoms with E-state index in [1.807, 2.05) is 0 Å². The molecule has 90 valence electrons. The molecule has 0 aliphatic heterocycles. The van der Waals surface area contributed by atoms with Crippen LogP contribution >= 0.6 is 15.9 Å². The Kier molecular flexibility index (Phi) is 3.33. The molecular formula is C17H15Br. The highest BCUT2D eigenvalue weighted by molar-refractivity contribution is 9.09. The van der Waals surface area contributed by atoms with Crippen LogP contribution in [0.2, 0.25) is 0 Å². The molecule has 0 spiro atoms. The van der Waals surface area contributed by atoms with Gasteiger partial charge in [0.15, 0.2) is 0 Å². The van der Waals surface area contributed by atoms with Crippen molar-refractivity contribution in [1.82, 2.24) is 0 Å². The van der Waals surface area contributed by atoms with Crippen LogP contribution in [-0.4, -0.2) is 5.33 Å². The third-order valence-corrected chi connectivity index (χ3v) is 3.88. The molecule has 0 saturated heterocycles. The Morgan fingerprint density at radius 3 is 1.83 bits per heavy atom. The third kappa shape index (κ3) is 2.04. The highest BCUT2D eigenvalue weighted by Crippen LogP contribution is 2.33. The van der Waals surface area contributed by atoms with E-state index in [-0.39, 0.29) is 0 Å². The number of alkyl halides is 1. The molecule has 1 aliphatic rings. The largest absolute Gasteiger partial charge is 0.0883 e. The van der Waals surface area contributed by atoms with Crippen molar-refractivity contribution in [1.29, 1.82) is 0 Å². The molecule has 2 aromatic carbocycles. The van der Waals surface area contributed by atoms with E-state index in [1.54, 1.807) is 0 Å². The van der Waals surface area contributed by atoms with E-state index in [2.05, 4.69) is 70.5 Å². The Bertz CT molecular complexity index is 547. The maximum absolute atomic E-state index is 3.54. The summed E-state index contributed by atoms with van der Waals surface area (Å²) >= 11 is 3.54. The van der Waals surface area contributed by atoms with Crippen molar-refractivity contribution < 1.29 is 0 Å². The average Bonchev–Trinajstić information content (AvgIpc) is 2.58. The molecule has 0 atom stereocenters. The van der Waals surface area contributed by atoms with Crippen LogP contribution in [0.5, 0.6) is 0 Å². The SMILES string of the molecule is BrCC=C1c2ccccc2CCc2ccccc21. The fourth-order valence-corrected chi connectivity index (χ4v) is 3.04. The van der Waals surface area contributed by atoms with E-state index in [4.69, 9.17) is 0 Å². The van der Waals surface area contributed by atoms with Gasteiger partial charge < -0.3 is 0 Å². The zero-order chi connectivity index (χ0) is 12.4. The van der Waals surface area contributed by atoms with Gasteiger partial charge in [-0.2, -0.15) is 0 Å². The molecule has 0 aromatic heterocycles. The van der Waals surface area contributed by atoms with Gasteiger partial charge in [0, 0.05) is 5.33 Å². The third-order valence-electron chi connectivity index (χ3n) is 3.56. The predicted molar refractivity (Wildman–Crippen MR) is 81.2 cm³/mol. The topological polar surface area (TPSA) is 0 Å². The number of rotatable bonds is 1. The van der Waals surface area contributed by atoms with E-state index >= 15 is 0 Å².